The molecule has 40 heavy (non-hydrogen) atoms. The first-order chi connectivity index (χ1) is 18.6. The summed E-state index contributed by atoms with van der Waals surface area (Å²) in [7, 11) is 1.89. The van der Waals surface area contributed by atoms with E-state index in [9.17, 15) is 38.4 Å². The normalized spacial score (nSPS) is 13.6. The third-order valence-corrected chi connectivity index (χ3v) is 7.11. The van der Waals surface area contributed by atoms with Crippen LogP contribution in [0.3, 0.4) is 0 Å². The van der Waals surface area contributed by atoms with Crippen molar-refractivity contribution >= 4 is 69.1 Å². The highest BCUT2D eigenvalue weighted by molar-refractivity contribution is 8.76. The van der Waals surface area contributed by atoms with E-state index in [1.165, 1.54) is 0 Å². The van der Waals surface area contributed by atoms with E-state index in [1.54, 1.807) is 0 Å². The van der Waals surface area contributed by atoms with Gasteiger partial charge in [-0.3, -0.25) is 38.4 Å². The van der Waals surface area contributed by atoms with Gasteiger partial charge in [-0.05, 0) is 12.8 Å². The molecule has 0 rings (SSSR count). The smallest absolute Gasteiger partial charge is 0.322 e. The molecule has 0 bridgehead atoms. The minimum Gasteiger partial charge on any atom is -0.480 e. The molecule has 0 aromatic rings. The van der Waals surface area contributed by atoms with Gasteiger partial charge in [-0.2, -0.15) is 0 Å². The van der Waals surface area contributed by atoms with E-state index in [1.807, 2.05) is 0 Å². The van der Waals surface area contributed by atoms with E-state index < -0.39 is 84.8 Å². The minimum atomic E-state index is -1.34. The van der Waals surface area contributed by atoms with Crippen molar-refractivity contribution < 1.29 is 58.8 Å². The lowest BCUT2D eigenvalue weighted by atomic mass is 10.1. The number of aliphatic carboxylic acids is 4. The first-order valence-electron chi connectivity index (χ1n) is 11.4. The molecule has 0 aliphatic carbocycles. The summed E-state index contributed by atoms with van der Waals surface area (Å²) in [6.07, 6.45) is -1.12. The molecule has 18 nitrogen and oxygen atoms in total. The Morgan fingerprint density at radius 3 is 1.20 bits per heavy atom. The van der Waals surface area contributed by atoms with E-state index in [-0.39, 0.29) is 37.2 Å². The number of nitrogens with one attached hydrogen (secondary N) is 4. The molecule has 0 aromatic carbocycles. The fourth-order valence-electron chi connectivity index (χ4n) is 2.52. The van der Waals surface area contributed by atoms with Crippen LogP contribution in [-0.2, 0) is 38.4 Å². The average molecular weight is 613 g/mol. The molecule has 0 spiro atoms. The Kier molecular flexibility index (Phi) is 17.7. The molecule has 0 aliphatic heterocycles. The van der Waals surface area contributed by atoms with E-state index in [4.69, 9.17) is 31.9 Å². The Morgan fingerprint density at radius 1 is 0.600 bits per heavy atom. The van der Waals surface area contributed by atoms with Crippen molar-refractivity contribution in [3.05, 3.63) is 0 Å². The Balaban J connectivity index is 5.18. The van der Waals surface area contributed by atoms with Crippen LogP contribution in [0.5, 0.6) is 0 Å². The van der Waals surface area contributed by atoms with Crippen LogP contribution in [0.4, 0.5) is 0 Å². The van der Waals surface area contributed by atoms with Crippen LogP contribution in [0, 0.1) is 0 Å². The van der Waals surface area contributed by atoms with E-state index >= 15 is 0 Å². The number of nitrogens with two attached hydrogens (primary N) is 2. The van der Waals surface area contributed by atoms with Crippen molar-refractivity contribution in [1.29, 1.82) is 0 Å². The largest absolute Gasteiger partial charge is 0.480 e. The maximum absolute atomic E-state index is 12.4. The lowest BCUT2D eigenvalue weighted by Gasteiger charge is -2.20. The fourth-order valence-corrected chi connectivity index (χ4v) is 4.85. The molecule has 12 N–H and O–H groups in total. The van der Waals surface area contributed by atoms with Crippen molar-refractivity contribution in [2.45, 2.75) is 49.9 Å². The van der Waals surface area contributed by atoms with Crippen LogP contribution in [0.1, 0.15) is 25.7 Å². The van der Waals surface area contributed by atoms with Crippen LogP contribution in [0.15, 0.2) is 0 Å². The van der Waals surface area contributed by atoms with Gasteiger partial charge in [0.25, 0.3) is 0 Å². The number of carboxylic acid groups (broad SMARTS) is 4. The maximum Gasteiger partial charge on any atom is 0.322 e. The summed E-state index contributed by atoms with van der Waals surface area (Å²) in [5, 5.41) is 44.1. The van der Waals surface area contributed by atoms with Gasteiger partial charge in [-0.15, -0.1) is 0 Å². The second-order valence-electron chi connectivity index (χ2n) is 8.00. The molecule has 0 saturated carbocycles. The highest BCUT2D eigenvalue weighted by Crippen LogP contribution is 2.23. The van der Waals surface area contributed by atoms with Crippen LogP contribution in [0.25, 0.3) is 0 Å². The van der Waals surface area contributed by atoms with Gasteiger partial charge in [0.2, 0.25) is 23.6 Å². The number of hydrogen-bond donors (Lipinski definition) is 10. The molecule has 4 atom stereocenters. The van der Waals surface area contributed by atoms with Gasteiger partial charge >= 0.3 is 23.9 Å². The number of rotatable bonds is 21. The van der Waals surface area contributed by atoms with Crippen molar-refractivity contribution in [3.8, 4) is 0 Å². The SMILES string of the molecule is N[C@H](CCC(=O)N[C@@H](CSSC[C@H](NC(=O)CC[C@H](N)C(=O)O)C(=O)NCC(=O)O)C(=O)NCC(=O)O)C(=O)O. The quantitative estimate of drug-likeness (QED) is 0.0437. The van der Waals surface area contributed by atoms with Gasteiger partial charge in [-0.25, -0.2) is 0 Å². The standard InChI is InChI=1S/C20H32N6O12S2/c21-9(19(35)36)1-3-13(27)25-11(17(33)23-5-15(29)30)7-39-40-8-12(18(34)24-6-16(31)32)26-14(28)4-2-10(22)20(37)38/h9-12H,1-8,21-22H2,(H,23,33)(H,24,34)(H,25,27)(H,26,28)(H,29,30)(H,31,32)(H,35,36)(H,37,38)/t9-,10+,11-,12-/m0/s1. The second kappa shape index (κ2) is 19.4. The summed E-state index contributed by atoms with van der Waals surface area (Å²) in [6.45, 7) is -1.48. The highest BCUT2D eigenvalue weighted by Gasteiger charge is 2.25. The maximum atomic E-state index is 12.4. The highest BCUT2D eigenvalue weighted by atomic mass is 33.1. The first-order valence-corrected chi connectivity index (χ1v) is 13.9. The Labute approximate surface area is 235 Å². The van der Waals surface area contributed by atoms with Crippen molar-refractivity contribution in [3.63, 3.8) is 0 Å². The Bertz CT molecular complexity index is 879. The molecular weight excluding hydrogens is 580 g/mol. The summed E-state index contributed by atoms with van der Waals surface area (Å²) < 4.78 is 0. The van der Waals surface area contributed by atoms with Gasteiger partial charge in [-0.1, -0.05) is 21.6 Å². The molecule has 0 aliphatic rings. The Morgan fingerprint density at radius 2 is 0.925 bits per heavy atom. The van der Waals surface area contributed by atoms with Crippen LogP contribution >= 0.6 is 21.6 Å². The molecule has 0 heterocycles. The summed E-state index contributed by atoms with van der Waals surface area (Å²) in [5.41, 5.74) is 10.7. The fraction of sp³-hybridized carbons (Fsp3) is 0.600. The molecule has 0 saturated heterocycles. The van der Waals surface area contributed by atoms with Gasteiger partial charge < -0.3 is 53.2 Å². The zero-order valence-electron chi connectivity index (χ0n) is 21.0. The first kappa shape index (κ1) is 36.4. The molecule has 0 radical (unpaired) electrons. The van der Waals surface area contributed by atoms with Crippen molar-refractivity contribution in [2.24, 2.45) is 11.5 Å². The molecular formula is C20H32N6O12S2. The molecule has 0 fully saturated rings. The summed E-state index contributed by atoms with van der Waals surface area (Å²) >= 11 is 0. The lowest BCUT2D eigenvalue weighted by Crippen LogP contribution is -2.50. The zero-order chi connectivity index (χ0) is 30.8. The third-order valence-electron chi connectivity index (χ3n) is 4.68. The summed E-state index contributed by atoms with van der Waals surface area (Å²) in [4.78, 5) is 92.3. The summed E-state index contributed by atoms with van der Waals surface area (Å²) in [5.74, 6) is -8.81. The number of carboxylic acids is 4. The number of hydrogen-bond acceptors (Lipinski definition) is 12. The molecule has 4 amide bonds. The molecule has 20 heteroatoms. The molecule has 226 valence electrons. The van der Waals surface area contributed by atoms with E-state index in [0.717, 1.165) is 21.6 Å². The Hall–Kier alpha value is -3.62. The van der Waals surface area contributed by atoms with Crippen molar-refractivity contribution in [2.75, 3.05) is 24.6 Å². The lowest BCUT2D eigenvalue weighted by molar-refractivity contribution is -0.140. The van der Waals surface area contributed by atoms with Crippen molar-refractivity contribution in [1.82, 2.24) is 21.3 Å². The predicted octanol–water partition coefficient (Wildman–Crippen LogP) is -3.88. The van der Waals surface area contributed by atoms with Gasteiger partial charge in [0.05, 0.1) is 0 Å². The van der Waals surface area contributed by atoms with Crippen LogP contribution in [-0.4, -0.2) is 117 Å². The number of carbonyl (C=O) groups is 8. The number of carbonyl (C=O) groups excluding carboxylic acids is 4. The second-order valence-corrected chi connectivity index (χ2v) is 10.6. The van der Waals surface area contributed by atoms with E-state index in [2.05, 4.69) is 21.3 Å². The topological polar surface area (TPSA) is 318 Å². The van der Waals surface area contributed by atoms with Gasteiger partial charge in [0.1, 0.15) is 37.3 Å². The monoisotopic (exact) mass is 612 g/mol. The summed E-state index contributed by atoms with van der Waals surface area (Å²) in [6, 6.07) is -5.16. The molecule has 0 unspecified atom stereocenters. The van der Waals surface area contributed by atoms with Gasteiger partial charge in [0.15, 0.2) is 0 Å². The van der Waals surface area contributed by atoms with Crippen LogP contribution in [0.2, 0.25) is 0 Å². The molecule has 0 aromatic heterocycles. The number of amides is 4. The van der Waals surface area contributed by atoms with Gasteiger partial charge in [0, 0.05) is 24.3 Å². The predicted molar refractivity (Wildman–Crippen MR) is 140 cm³/mol. The average Bonchev–Trinajstić information content (AvgIpc) is 2.87. The minimum absolute atomic E-state index is 0.155. The third kappa shape index (κ3) is 17.1. The van der Waals surface area contributed by atoms with E-state index in [0.29, 0.717) is 0 Å². The zero-order valence-corrected chi connectivity index (χ0v) is 22.6. The van der Waals surface area contributed by atoms with Crippen LogP contribution < -0.4 is 32.7 Å².